The average molecular weight is 253 g/mol. The highest BCUT2D eigenvalue weighted by Crippen LogP contribution is 2.16. The predicted octanol–water partition coefficient (Wildman–Crippen LogP) is 2.50. The van der Waals surface area contributed by atoms with E-state index in [4.69, 9.17) is 26.6 Å². The molecule has 0 aliphatic heterocycles. The molecule has 2 N–H and O–H groups in total. The quantitative estimate of drug-likeness (QED) is 0.888. The molecule has 4 nitrogen and oxygen atoms in total. The van der Waals surface area contributed by atoms with Gasteiger partial charge in [0.25, 0.3) is 0 Å². The van der Waals surface area contributed by atoms with Crippen LogP contribution in [0.15, 0.2) is 34.9 Å². The third-order valence-corrected chi connectivity index (χ3v) is 2.65. The molecule has 0 bridgehead atoms. The van der Waals surface area contributed by atoms with Gasteiger partial charge in [0.1, 0.15) is 6.61 Å². The van der Waals surface area contributed by atoms with Crippen LogP contribution in [-0.4, -0.2) is 5.16 Å². The van der Waals surface area contributed by atoms with E-state index in [1.807, 2.05) is 24.3 Å². The van der Waals surface area contributed by atoms with Crippen molar-refractivity contribution in [2.75, 3.05) is 0 Å². The second kappa shape index (κ2) is 5.82. The summed E-state index contributed by atoms with van der Waals surface area (Å²) in [6, 6.07) is 9.35. The third kappa shape index (κ3) is 3.30. The molecule has 2 aromatic rings. The monoisotopic (exact) mass is 252 g/mol. The van der Waals surface area contributed by atoms with E-state index in [-0.39, 0.29) is 0 Å². The summed E-state index contributed by atoms with van der Waals surface area (Å²) in [6.07, 6.45) is 0. The van der Waals surface area contributed by atoms with Crippen molar-refractivity contribution in [1.29, 1.82) is 0 Å². The van der Waals surface area contributed by atoms with Gasteiger partial charge in [-0.2, -0.15) is 0 Å². The van der Waals surface area contributed by atoms with Crippen LogP contribution < -0.4 is 5.73 Å². The maximum absolute atomic E-state index is 6.00. The van der Waals surface area contributed by atoms with Crippen molar-refractivity contribution < 1.29 is 9.26 Å². The molecule has 5 heteroatoms. The van der Waals surface area contributed by atoms with Gasteiger partial charge in [-0.15, -0.1) is 0 Å². The van der Waals surface area contributed by atoms with Crippen molar-refractivity contribution in [3.8, 4) is 0 Å². The molecule has 0 amide bonds. The van der Waals surface area contributed by atoms with E-state index >= 15 is 0 Å². The molecule has 0 saturated carbocycles. The molecule has 0 aliphatic rings. The number of hydrogen-bond donors (Lipinski definition) is 1. The Kier molecular flexibility index (Phi) is 4.14. The van der Waals surface area contributed by atoms with Gasteiger partial charge in [-0.05, 0) is 11.6 Å². The normalized spacial score (nSPS) is 10.7. The van der Waals surface area contributed by atoms with Crippen LogP contribution in [0.2, 0.25) is 5.02 Å². The zero-order chi connectivity index (χ0) is 12.1. The molecule has 1 heterocycles. The maximum atomic E-state index is 6.00. The molecule has 0 spiro atoms. The van der Waals surface area contributed by atoms with Crippen LogP contribution >= 0.6 is 11.6 Å². The smallest absolute Gasteiger partial charge is 0.162 e. The van der Waals surface area contributed by atoms with Crippen LogP contribution in [0.1, 0.15) is 17.0 Å². The van der Waals surface area contributed by atoms with Gasteiger partial charge in [0.15, 0.2) is 5.76 Å². The van der Waals surface area contributed by atoms with Crippen molar-refractivity contribution in [1.82, 2.24) is 5.16 Å². The van der Waals surface area contributed by atoms with Crippen molar-refractivity contribution in [3.63, 3.8) is 0 Å². The van der Waals surface area contributed by atoms with E-state index in [1.165, 1.54) is 0 Å². The molecule has 17 heavy (non-hydrogen) atoms. The summed E-state index contributed by atoms with van der Waals surface area (Å²) in [5.74, 6) is 0.664. The minimum absolute atomic E-state index is 0.359. The number of benzene rings is 1. The molecule has 90 valence electrons. The first-order chi connectivity index (χ1) is 8.29. The Morgan fingerprint density at radius 1 is 1.29 bits per heavy atom. The van der Waals surface area contributed by atoms with Crippen LogP contribution in [0.5, 0.6) is 0 Å². The fourth-order valence-corrected chi connectivity index (χ4v) is 1.59. The van der Waals surface area contributed by atoms with E-state index in [9.17, 15) is 0 Å². The maximum Gasteiger partial charge on any atom is 0.162 e. The van der Waals surface area contributed by atoms with Gasteiger partial charge in [-0.3, -0.25) is 0 Å². The lowest BCUT2D eigenvalue weighted by atomic mass is 10.2. The molecule has 0 aliphatic carbocycles. The van der Waals surface area contributed by atoms with Crippen LogP contribution in [-0.2, 0) is 24.5 Å². The average Bonchev–Trinajstić information content (AvgIpc) is 2.80. The molecule has 0 radical (unpaired) electrons. The fraction of sp³-hybridized carbons (Fsp3) is 0.250. The van der Waals surface area contributed by atoms with Crippen LogP contribution in [0.25, 0.3) is 0 Å². The van der Waals surface area contributed by atoms with Crippen molar-refractivity contribution in [2.24, 2.45) is 5.73 Å². The van der Waals surface area contributed by atoms with Gasteiger partial charge in [0.2, 0.25) is 0 Å². The first-order valence-electron chi connectivity index (χ1n) is 5.25. The second-order valence-electron chi connectivity index (χ2n) is 3.57. The topological polar surface area (TPSA) is 61.3 Å². The minimum Gasteiger partial charge on any atom is -0.369 e. The lowest BCUT2D eigenvalue weighted by Gasteiger charge is -2.03. The number of halogens is 1. The third-order valence-electron chi connectivity index (χ3n) is 2.28. The zero-order valence-electron chi connectivity index (χ0n) is 9.23. The molecule has 0 fully saturated rings. The largest absolute Gasteiger partial charge is 0.369 e. The number of rotatable bonds is 5. The summed E-state index contributed by atoms with van der Waals surface area (Å²) in [5, 5.41) is 4.47. The molecule has 2 rings (SSSR count). The van der Waals surface area contributed by atoms with Gasteiger partial charge >= 0.3 is 0 Å². The molecular weight excluding hydrogens is 240 g/mol. The molecule has 0 saturated heterocycles. The van der Waals surface area contributed by atoms with Crippen molar-refractivity contribution in [2.45, 2.75) is 19.8 Å². The van der Waals surface area contributed by atoms with E-state index in [0.717, 1.165) is 11.3 Å². The van der Waals surface area contributed by atoms with Gasteiger partial charge in [0.05, 0.1) is 12.3 Å². The Morgan fingerprint density at radius 3 is 2.82 bits per heavy atom. The molecule has 0 atom stereocenters. The highest BCUT2D eigenvalue weighted by molar-refractivity contribution is 6.31. The summed E-state index contributed by atoms with van der Waals surface area (Å²) < 4.78 is 10.5. The number of nitrogens with zero attached hydrogens (tertiary/aromatic N) is 1. The Labute approximate surface area is 104 Å². The highest BCUT2D eigenvalue weighted by atomic mass is 35.5. The first-order valence-corrected chi connectivity index (χ1v) is 5.63. The summed E-state index contributed by atoms with van der Waals surface area (Å²) in [4.78, 5) is 0. The van der Waals surface area contributed by atoms with E-state index in [2.05, 4.69) is 5.16 Å². The SMILES string of the molecule is NCc1cc(COCc2ccccc2Cl)on1. The first kappa shape index (κ1) is 12.1. The number of ether oxygens (including phenoxy) is 1. The summed E-state index contributed by atoms with van der Waals surface area (Å²) in [5.41, 5.74) is 7.10. The van der Waals surface area contributed by atoms with Gasteiger partial charge < -0.3 is 15.0 Å². The summed E-state index contributed by atoms with van der Waals surface area (Å²) in [7, 11) is 0. The predicted molar refractivity (Wildman–Crippen MR) is 64.3 cm³/mol. The van der Waals surface area contributed by atoms with Crippen LogP contribution in [0, 0.1) is 0 Å². The highest BCUT2D eigenvalue weighted by Gasteiger charge is 2.04. The molecule has 1 aromatic carbocycles. The lowest BCUT2D eigenvalue weighted by Crippen LogP contribution is -1.95. The second-order valence-corrected chi connectivity index (χ2v) is 3.98. The Morgan fingerprint density at radius 2 is 2.12 bits per heavy atom. The summed E-state index contributed by atoms with van der Waals surface area (Å²) >= 11 is 6.00. The number of nitrogens with two attached hydrogens (primary N) is 1. The molecular formula is C12H13ClN2O2. The molecule has 1 aromatic heterocycles. The zero-order valence-corrected chi connectivity index (χ0v) is 9.98. The van der Waals surface area contributed by atoms with Crippen LogP contribution in [0.4, 0.5) is 0 Å². The van der Waals surface area contributed by atoms with Crippen LogP contribution in [0.3, 0.4) is 0 Å². The summed E-state index contributed by atoms with van der Waals surface area (Å²) in [6.45, 7) is 1.17. The molecule has 0 unspecified atom stereocenters. The van der Waals surface area contributed by atoms with Gasteiger partial charge in [0, 0.05) is 17.6 Å². The van der Waals surface area contributed by atoms with Gasteiger partial charge in [-0.25, -0.2) is 0 Å². The van der Waals surface area contributed by atoms with Crippen molar-refractivity contribution >= 4 is 11.6 Å². The van der Waals surface area contributed by atoms with Gasteiger partial charge in [-0.1, -0.05) is 35.0 Å². The van der Waals surface area contributed by atoms with E-state index in [1.54, 1.807) is 6.07 Å². The van der Waals surface area contributed by atoms with Crippen molar-refractivity contribution in [3.05, 3.63) is 52.4 Å². The Bertz CT molecular complexity index is 485. The van der Waals surface area contributed by atoms with E-state index < -0.39 is 0 Å². The fourth-order valence-electron chi connectivity index (χ4n) is 1.40. The number of hydrogen-bond acceptors (Lipinski definition) is 4. The Hall–Kier alpha value is -1.36. The van der Waals surface area contributed by atoms with E-state index in [0.29, 0.717) is 30.5 Å². The standard InChI is InChI=1S/C12H13ClN2O2/c13-12-4-2-1-3-9(12)7-16-8-11-5-10(6-14)15-17-11/h1-5H,6-8,14H2. The Balaban J connectivity index is 1.85. The number of aromatic nitrogens is 1. The lowest BCUT2D eigenvalue weighted by molar-refractivity contribution is 0.0884. The minimum atomic E-state index is 0.359.